The number of nitrogens with zero attached hydrogens (tertiary/aromatic N) is 3. The van der Waals surface area contributed by atoms with Gasteiger partial charge in [0.1, 0.15) is 0 Å². The van der Waals surface area contributed by atoms with Crippen molar-refractivity contribution in [2.45, 2.75) is 25.6 Å². The van der Waals surface area contributed by atoms with E-state index in [1.807, 2.05) is 85.8 Å². The van der Waals surface area contributed by atoms with Crippen molar-refractivity contribution in [1.82, 2.24) is 15.0 Å². The number of fused-ring (bicyclic) bond motifs is 6. The van der Waals surface area contributed by atoms with Gasteiger partial charge in [-0.3, -0.25) is 0 Å². The highest BCUT2D eigenvalue weighted by Crippen LogP contribution is 2.50. The van der Waals surface area contributed by atoms with Gasteiger partial charge in [-0.05, 0) is 61.7 Å². The Morgan fingerprint density at radius 2 is 1.00 bits per heavy atom. The van der Waals surface area contributed by atoms with Crippen molar-refractivity contribution in [3.05, 3.63) is 162 Å². The molecule has 218 valence electrons. The molecule has 0 radical (unpaired) electrons. The van der Waals surface area contributed by atoms with Crippen molar-refractivity contribution in [3.8, 4) is 67.5 Å². The van der Waals surface area contributed by atoms with Gasteiger partial charge >= 0.3 is 0 Å². The molecule has 0 spiro atoms. The summed E-state index contributed by atoms with van der Waals surface area (Å²) in [6, 6.07) is 47.2. The van der Waals surface area contributed by atoms with Crippen LogP contribution in [-0.4, -0.2) is 15.0 Å². The maximum atomic E-state index is 8.64. The Kier molecular flexibility index (Phi) is 5.24. The number of hydrogen-bond acceptors (Lipinski definition) is 3. The van der Waals surface area contributed by atoms with E-state index in [1.165, 1.54) is 33.4 Å². The normalized spacial score (nSPS) is 16.8. The third-order valence-electron chi connectivity index (χ3n) is 9.56. The molecule has 3 heteroatoms. The number of hydrogen-bond donors (Lipinski definition) is 0. The summed E-state index contributed by atoms with van der Waals surface area (Å²) in [4.78, 5) is 15.2. The van der Waals surface area contributed by atoms with Crippen molar-refractivity contribution in [3.63, 3.8) is 0 Å². The lowest BCUT2D eigenvalue weighted by atomic mass is 9.82. The smallest absolute Gasteiger partial charge is 0.164 e. The molecule has 1 aromatic heterocycles. The van der Waals surface area contributed by atoms with Crippen molar-refractivity contribution in [2.75, 3.05) is 0 Å². The maximum Gasteiger partial charge on any atom is 0.164 e. The minimum absolute atomic E-state index is 0.508. The standard InChI is InChI=1S/C43H31N3/c1-43(2)38-22-10-9-17-33(38)34-24-23-29(25-39(34)43)41-44-40(28-15-7-4-8-16-28)45-42(46-41)35-21-12-20-32-31-19-11-18-30(36(31)26-37(32)35)27-13-5-3-6-14-27/h3-25H,26H2,1-2H3/i1D3. The first-order chi connectivity index (χ1) is 23.8. The first kappa shape index (κ1) is 23.7. The van der Waals surface area contributed by atoms with Crippen LogP contribution in [0.1, 0.15) is 40.1 Å². The Morgan fingerprint density at radius 1 is 0.457 bits per heavy atom. The van der Waals surface area contributed by atoms with Crippen LogP contribution in [-0.2, 0) is 11.8 Å². The van der Waals surface area contributed by atoms with Crippen molar-refractivity contribution >= 4 is 0 Å². The number of benzene rings is 6. The van der Waals surface area contributed by atoms with Gasteiger partial charge in [-0.15, -0.1) is 0 Å². The molecule has 2 aliphatic rings. The fourth-order valence-corrected chi connectivity index (χ4v) is 7.31. The second kappa shape index (κ2) is 10.2. The van der Waals surface area contributed by atoms with Gasteiger partial charge in [0.05, 0.1) is 0 Å². The van der Waals surface area contributed by atoms with Crippen LogP contribution in [0.2, 0.25) is 0 Å². The Bertz CT molecular complexity index is 2420. The quantitative estimate of drug-likeness (QED) is 0.204. The number of rotatable bonds is 4. The van der Waals surface area contributed by atoms with Crippen LogP contribution in [0.15, 0.2) is 140 Å². The van der Waals surface area contributed by atoms with Gasteiger partial charge in [0.25, 0.3) is 0 Å². The van der Waals surface area contributed by atoms with Gasteiger partial charge in [0.2, 0.25) is 0 Å². The van der Waals surface area contributed by atoms with Crippen molar-refractivity contribution in [2.24, 2.45) is 0 Å². The monoisotopic (exact) mass is 592 g/mol. The molecule has 0 N–H and O–H groups in total. The lowest BCUT2D eigenvalue weighted by molar-refractivity contribution is 0.660. The molecule has 0 aliphatic heterocycles. The fraction of sp³-hybridized carbons (Fsp3) is 0.0930. The summed E-state index contributed by atoms with van der Waals surface area (Å²) in [7, 11) is 0. The van der Waals surface area contributed by atoms with Gasteiger partial charge in [0.15, 0.2) is 17.5 Å². The second-order valence-corrected chi connectivity index (χ2v) is 12.3. The average Bonchev–Trinajstić information content (AvgIpc) is 3.65. The van der Waals surface area contributed by atoms with Gasteiger partial charge in [0, 0.05) is 32.6 Å². The van der Waals surface area contributed by atoms with E-state index in [9.17, 15) is 0 Å². The Balaban J connectivity index is 1.22. The van der Waals surface area contributed by atoms with E-state index >= 15 is 0 Å². The summed E-state index contributed by atoms with van der Waals surface area (Å²) in [5.41, 5.74) is 12.3. The largest absolute Gasteiger partial charge is 0.208 e. The Hall–Kier alpha value is -5.67. The van der Waals surface area contributed by atoms with Gasteiger partial charge in [-0.1, -0.05) is 147 Å². The highest BCUT2D eigenvalue weighted by atomic mass is 15.0. The van der Waals surface area contributed by atoms with Crippen LogP contribution in [0.5, 0.6) is 0 Å². The van der Waals surface area contributed by atoms with Gasteiger partial charge < -0.3 is 0 Å². The predicted molar refractivity (Wildman–Crippen MR) is 187 cm³/mol. The summed E-state index contributed by atoms with van der Waals surface area (Å²) in [6.45, 7) is -0.429. The average molecular weight is 593 g/mol. The summed E-state index contributed by atoms with van der Waals surface area (Å²) < 4.78 is 25.9. The molecule has 9 rings (SSSR count). The summed E-state index contributed by atoms with van der Waals surface area (Å²) in [5.74, 6) is 1.67. The molecule has 1 heterocycles. The van der Waals surface area contributed by atoms with Crippen LogP contribution in [0.25, 0.3) is 67.5 Å². The molecule has 1 atom stereocenters. The first-order valence-electron chi connectivity index (χ1n) is 17.2. The molecular weight excluding hydrogens is 558 g/mol. The Labute approximate surface area is 273 Å². The number of aromatic nitrogens is 3. The summed E-state index contributed by atoms with van der Waals surface area (Å²) in [5, 5.41) is 0. The van der Waals surface area contributed by atoms with E-state index in [4.69, 9.17) is 19.1 Å². The Morgan fingerprint density at radius 3 is 1.74 bits per heavy atom. The van der Waals surface area contributed by atoms with E-state index < -0.39 is 12.3 Å². The topological polar surface area (TPSA) is 38.7 Å². The zero-order chi connectivity index (χ0) is 33.3. The van der Waals surface area contributed by atoms with E-state index in [1.54, 1.807) is 0 Å². The molecule has 0 amide bonds. The minimum atomic E-state index is -2.26. The van der Waals surface area contributed by atoms with Crippen LogP contribution >= 0.6 is 0 Å². The molecule has 0 fully saturated rings. The second-order valence-electron chi connectivity index (χ2n) is 12.3. The minimum Gasteiger partial charge on any atom is -0.208 e. The molecule has 7 aromatic rings. The molecule has 6 aromatic carbocycles. The van der Waals surface area contributed by atoms with E-state index in [0.29, 0.717) is 17.5 Å². The third-order valence-corrected chi connectivity index (χ3v) is 9.56. The van der Waals surface area contributed by atoms with Crippen LogP contribution in [0, 0.1) is 0 Å². The molecule has 2 aliphatic carbocycles. The predicted octanol–water partition coefficient (Wildman–Crippen LogP) is 10.4. The molecule has 0 bridgehead atoms. The zero-order valence-electron chi connectivity index (χ0n) is 28.3. The molecule has 1 unspecified atom stereocenters. The molecule has 46 heavy (non-hydrogen) atoms. The third kappa shape index (κ3) is 4.09. The lowest BCUT2D eigenvalue weighted by Crippen LogP contribution is -2.15. The zero-order valence-corrected chi connectivity index (χ0v) is 25.3. The van der Waals surface area contributed by atoms with E-state index in [0.717, 1.165) is 45.4 Å². The highest BCUT2D eigenvalue weighted by molar-refractivity contribution is 5.89. The van der Waals surface area contributed by atoms with Crippen LogP contribution in [0.3, 0.4) is 0 Å². The van der Waals surface area contributed by atoms with Crippen LogP contribution in [0.4, 0.5) is 0 Å². The van der Waals surface area contributed by atoms with Gasteiger partial charge in [-0.2, -0.15) is 0 Å². The summed E-state index contributed by atoms with van der Waals surface area (Å²) in [6.07, 6.45) is 0.766. The van der Waals surface area contributed by atoms with E-state index in [-0.39, 0.29) is 0 Å². The highest BCUT2D eigenvalue weighted by Gasteiger charge is 2.35. The van der Waals surface area contributed by atoms with Crippen molar-refractivity contribution < 1.29 is 4.11 Å². The molecule has 0 saturated carbocycles. The SMILES string of the molecule is [2H]C([2H])([2H])C1(C)c2ccccc2-c2ccc(-c3nc(-c4ccccc4)nc(-c4cccc5c4Cc4c(-c6ccccc6)cccc4-5)n3)cc21. The molecular formula is C43H31N3. The lowest BCUT2D eigenvalue weighted by Gasteiger charge is -2.21. The maximum absolute atomic E-state index is 8.64. The van der Waals surface area contributed by atoms with Gasteiger partial charge in [-0.25, -0.2) is 15.0 Å². The van der Waals surface area contributed by atoms with Crippen molar-refractivity contribution in [1.29, 1.82) is 0 Å². The molecule has 0 saturated heterocycles. The molecule has 3 nitrogen and oxygen atoms in total. The van der Waals surface area contributed by atoms with Crippen LogP contribution < -0.4 is 0 Å². The van der Waals surface area contributed by atoms with E-state index in [2.05, 4.69) is 60.7 Å². The first-order valence-corrected chi connectivity index (χ1v) is 15.7. The summed E-state index contributed by atoms with van der Waals surface area (Å²) >= 11 is 0. The fourth-order valence-electron chi connectivity index (χ4n) is 7.31.